The molecule has 0 radical (unpaired) electrons. The van der Waals surface area contributed by atoms with Crippen molar-refractivity contribution in [2.75, 3.05) is 19.7 Å². The molecule has 0 amide bonds. The molecule has 1 saturated heterocycles. The van der Waals surface area contributed by atoms with Crippen LogP contribution in [0, 0.1) is 5.92 Å². The van der Waals surface area contributed by atoms with Gasteiger partial charge < -0.3 is 10.1 Å². The van der Waals surface area contributed by atoms with Crippen LogP contribution in [0.2, 0.25) is 0 Å². The molecule has 1 unspecified atom stereocenters. The summed E-state index contributed by atoms with van der Waals surface area (Å²) in [7, 11) is 0. The molecule has 1 aliphatic rings. The Morgan fingerprint density at radius 1 is 1.40 bits per heavy atom. The molecule has 0 aromatic heterocycles. The van der Waals surface area contributed by atoms with Gasteiger partial charge in [-0.25, -0.2) is 4.39 Å². The van der Waals surface area contributed by atoms with Crippen molar-refractivity contribution in [1.82, 2.24) is 5.32 Å². The smallest absolute Gasteiger partial charge is 0.125 e. The molecule has 1 N–H and O–H groups in total. The van der Waals surface area contributed by atoms with Gasteiger partial charge in [-0.2, -0.15) is 0 Å². The second-order valence-electron chi connectivity index (χ2n) is 3.91. The molecule has 1 atom stereocenters. The van der Waals surface area contributed by atoms with Crippen molar-refractivity contribution in [3.05, 3.63) is 29.8 Å². The van der Waals surface area contributed by atoms with Crippen LogP contribution < -0.4 is 10.1 Å². The van der Waals surface area contributed by atoms with E-state index in [1.54, 1.807) is 6.07 Å². The van der Waals surface area contributed by atoms with E-state index in [-0.39, 0.29) is 0 Å². The quantitative estimate of drug-likeness (QED) is 0.820. The Labute approximate surface area is 89.4 Å². The van der Waals surface area contributed by atoms with Crippen LogP contribution in [0.25, 0.3) is 0 Å². The van der Waals surface area contributed by atoms with E-state index in [0.29, 0.717) is 23.8 Å². The molecule has 2 nitrogen and oxygen atoms in total. The summed E-state index contributed by atoms with van der Waals surface area (Å²) in [5.74, 6) is 1.25. The van der Waals surface area contributed by atoms with Crippen molar-refractivity contribution >= 4 is 0 Å². The Bertz CT molecular complexity index is 310. The predicted molar refractivity (Wildman–Crippen MR) is 57.7 cm³/mol. The molecule has 0 saturated carbocycles. The average Bonchev–Trinajstić information content (AvgIpc) is 2.79. The molecule has 15 heavy (non-hydrogen) atoms. The lowest BCUT2D eigenvalue weighted by molar-refractivity contribution is 0.255. The summed E-state index contributed by atoms with van der Waals surface area (Å²) in [6, 6.07) is 7.31. The molecular weight excluding hydrogens is 193 g/mol. The zero-order valence-electron chi connectivity index (χ0n) is 8.71. The summed E-state index contributed by atoms with van der Waals surface area (Å²) in [5.41, 5.74) is 0.642. The van der Waals surface area contributed by atoms with E-state index < -0.39 is 6.67 Å². The number of nitrogens with one attached hydrogen (secondary N) is 1. The second kappa shape index (κ2) is 5.12. The van der Waals surface area contributed by atoms with E-state index in [9.17, 15) is 4.39 Å². The third kappa shape index (κ3) is 2.69. The van der Waals surface area contributed by atoms with Gasteiger partial charge in [0, 0.05) is 18.0 Å². The molecule has 1 heterocycles. The highest BCUT2D eigenvalue weighted by atomic mass is 19.1. The minimum atomic E-state index is -0.459. The molecule has 3 heteroatoms. The Balaban J connectivity index is 1.91. The highest BCUT2D eigenvalue weighted by molar-refractivity contribution is 5.32. The standard InChI is InChI=1S/C12H16FNO/c13-7-11-3-1-2-4-12(11)15-9-10-5-6-14-8-10/h1-4,10,14H,5-9H2. The SMILES string of the molecule is FCc1ccccc1OCC1CCNC1. The largest absolute Gasteiger partial charge is 0.493 e. The van der Waals surface area contributed by atoms with Gasteiger partial charge in [0.1, 0.15) is 12.4 Å². The number of benzene rings is 1. The van der Waals surface area contributed by atoms with Gasteiger partial charge in [0.2, 0.25) is 0 Å². The number of halogens is 1. The molecule has 0 bridgehead atoms. The van der Waals surface area contributed by atoms with Crippen LogP contribution in [0.5, 0.6) is 5.75 Å². The first-order chi connectivity index (χ1) is 7.40. The van der Waals surface area contributed by atoms with Crippen LogP contribution in [0.1, 0.15) is 12.0 Å². The van der Waals surface area contributed by atoms with E-state index in [1.165, 1.54) is 0 Å². The van der Waals surface area contributed by atoms with Crippen molar-refractivity contribution in [2.45, 2.75) is 13.1 Å². The first-order valence-electron chi connectivity index (χ1n) is 5.37. The third-order valence-corrected chi connectivity index (χ3v) is 2.75. The summed E-state index contributed by atoms with van der Waals surface area (Å²) >= 11 is 0. The van der Waals surface area contributed by atoms with Crippen molar-refractivity contribution < 1.29 is 9.13 Å². The topological polar surface area (TPSA) is 21.3 Å². The lowest BCUT2D eigenvalue weighted by Crippen LogP contribution is -2.15. The van der Waals surface area contributed by atoms with E-state index in [2.05, 4.69) is 5.32 Å². The minimum absolute atomic E-state index is 0.459. The lowest BCUT2D eigenvalue weighted by Gasteiger charge is -2.12. The monoisotopic (exact) mass is 209 g/mol. The zero-order valence-corrected chi connectivity index (χ0v) is 8.71. The van der Waals surface area contributed by atoms with Crippen LogP contribution in [0.3, 0.4) is 0 Å². The Kier molecular flexibility index (Phi) is 3.56. The average molecular weight is 209 g/mol. The fourth-order valence-electron chi connectivity index (χ4n) is 1.82. The van der Waals surface area contributed by atoms with Gasteiger partial charge in [0.15, 0.2) is 0 Å². The van der Waals surface area contributed by atoms with Gasteiger partial charge in [-0.3, -0.25) is 0 Å². The first kappa shape index (κ1) is 10.4. The molecule has 1 aromatic rings. The Hall–Kier alpha value is -1.09. The predicted octanol–water partition coefficient (Wildman–Crippen LogP) is 2.14. The first-order valence-corrected chi connectivity index (χ1v) is 5.37. The second-order valence-corrected chi connectivity index (χ2v) is 3.91. The third-order valence-electron chi connectivity index (χ3n) is 2.75. The maximum atomic E-state index is 12.6. The normalized spacial score (nSPS) is 20.5. The van der Waals surface area contributed by atoms with Crippen molar-refractivity contribution in [1.29, 1.82) is 0 Å². The summed E-state index contributed by atoms with van der Waals surface area (Å²) in [5, 5.41) is 3.28. The molecular formula is C12H16FNO. The number of alkyl halides is 1. The molecule has 1 aliphatic heterocycles. The molecule has 2 rings (SSSR count). The van der Waals surface area contributed by atoms with Gasteiger partial charge in [-0.1, -0.05) is 18.2 Å². The summed E-state index contributed by atoms with van der Waals surface area (Å²) in [6.07, 6.45) is 1.15. The minimum Gasteiger partial charge on any atom is -0.493 e. The van der Waals surface area contributed by atoms with Gasteiger partial charge in [0.05, 0.1) is 6.61 Å². The fourth-order valence-corrected chi connectivity index (χ4v) is 1.82. The number of hydrogen-bond acceptors (Lipinski definition) is 2. The highest BCUT2D eigenvalue weighted by Crippen LogP contribution is 2.20. The highest BCUT2D eigenvalue weighted by Gasteiger charge is 2.15. The van der Waals surface area contributed by atoms with E-state index in [0.717, 1.165) is 19.5 Å². The van der Waals surface area contributed by atoms with Gasteiger partial charge in [0.25, 0.3) is 0 Å². The zero-order chi connectivity index (χ0) is 10.5. The van der Waals surface area contributed by atoms with Crippen LogP contribution in [0.4, 0.5) is 4.39 Å². The van der Waals surface area contributed by atoms with Crippen LogP contribution >= 0.6 is 0 Å². The Morgan fingerprint density at radius 3 is 3.00 bits per heavy atom. The number of rotatable bonds is 4. The molecule has 1 fully saturated rings. The van der Waals surface area contributed by atoms with Gasteiger partial charge in [-0.05, 0) is 19.0 Å². The number of hydrogen-bond donors (Lipinski definition) is 1. The maximum Gasteiger partial charge on any atom is 0.125 e. The summed E-state index contributed by atoms with van der Waals surface area (Å²) in [6.45, 7) is 2.31. The van der Waals surface area contributed by atoms with Crippen LogP contribution in [-0.2, 0) is 6.67 Å². The fraction of sp³-hybridized carbons (Fsp3) is 0.500. The summed E-state index contributed by atoms with van der Waals surface area (Å²) in [4.78, 5) is 0. The van der Waals surface area contributed by atoms with E-state index in [1.807, 2.05) is 18.2 Å². The molecule has 0 spiro atoms. The lowest BCUT2D eigenvalue weighted by atomic mass is 10.1. The van der Waals surface area contributed by atoms with E-state index >= 15 is 0 Å². The Morgan fingerprint density at radius 2 is 2.27 bits per heavy atom. The maximum absolute atomic E-state index is 12.6. The van der Waals surface area contributed by atoms with Crippen molar-refractivity contribution in [2.24, 2.45) is 5.92 Å². The van der Waals surface area contributed by atoms with Gasteiger partial charge in [-0.15, -0.1) is 0 Å². The number of ether oxygens (including phenoxy) is 1. The summed E-state index contributed by atoms with van der Waals surface area (Å²) < 4.78 is 18.2. The van der Waals surface area contributed by atoms with E-state index in [4.69, 9.17) is 4.74 Å². The molecule has 1 aromatic carbocycles. The van der Waals surface area contributed by atoms with Crippen LogP contribution in [0.15, 0.2) is 24.3 Å². The van der Waals surface area contributed by atoms with Crippen molar-refractivity contribution in [3.63, 3.8) is 0 Å². The van der Waals surface area contributed by atoms with Crippen molar-refractivity contribution in [3.8, 4) is 5.75 Å². The van der Waals surface area contributed by atoms with Gasteiger partial charge >= 0.3 is 0 Å². The van der Waals surface area contributed by atoms with Crippen LogP contribution in [-0.4, -0.2) is 19.7 Å². The molecule has 82 valence electrons. The molecule has 0 aliphatic carbocycles. The number of para-hydroxylation sites is 1.